The standard InChI is InChI=1S/C19H22O.C13H19NO.C13H18O2.C13H20.C11H14O.C11H16.C10H13NO/c1-19(2,3)18(20)14-17(15-10-6-4-7-11-15)16-12-8-5-9-13-16;1-13(2,3)12(15)8-4-6-11-7-5-9-14-10-11;1-13(2,3)12(14)15-10-9-11-7-5-4-6-8-11;1-13(2,3)11-7-10-12-8-5-4-6-9-12;1-11(2,3)10(12)9-7-5-4-6-8-9;1-11(2,3)9-10-7-5-4-6-8-10;1-10(2,3)9(12)8-6-4-5-7-11-8/h4-13,17H,14H2,1-3H3;5,7,9-10H,4,6,8H2,1-3H3;4-8H,9-10H2,1-3H3;4-6,8-9H,7,10-11H2,1-3H3;4-8H,1-3H3;4-8H,9H2,1-3H3;4-7H,1-3H3. The van der Waals surface area contributed by atoms with Crippen molar-refractivity contribution in [1.82, 2.24) is 9.97 Å². The van der Waals surface area contributed by atoms with Gasteiger partial charge in [0.05, 0.1) is 12.0 Å². The average molecular weight is 1330 g/mol. The van der Waals surface area contributed by atoms with Crippen molar-refractivity contribution < 1.29 is 28.7 Å². The van der Waals surface area contributed by atoms with E-state index in [-0.39, 0.29) is 45.1 Å². The molecular formula is C90H122N2O6. The summed E-state index contributed by atoms with van der Waals surface area (Å²) in [6.45, 7) is 43.1. The number of aryl methyl sites for hydroxylation is 2. The van der Waals surface area contributed by atoms with Crippen molar-refractivity contribution in [2.45, 2.75) is 209 Å². The van der Waals surface area contributed by atoms with E-state index in [1.165, 1.54) is 52.6 Å². The van der Waals surface area contributed by atoms with Crippen molar-refractivity contribution in [3.63, 3.8) is 0 Å². The van der Waals surface area contributed by atoms with E-state index in [1.54, 1.807) is 24.5 Å². The van der Waals surface area contributed by atoms with E-state index in [4.69, 9.17) is 4.74 Å². The van der Waals surface area contributed by atoms with Gasteiger partial charge in [-0.3, -0.25) is 33.9 Å². The van der Waals surface area contributed by atoms with Crippen molar-refractivity contribution in [1.29, 1.82) is 0 Å². The summed E-state index contributed by atoms with van der Waals surface area (Å²) in [5.41, 5.74) is 8.42. The van der Waals surface area contributed by atoms with Crippen LogP contribution >= 0.6 is 0 Å². The first-order valence-corrected chi connectivity index (χ1v) is 35.1. The fraction of sp³-hybridized carbons (Fsp3) is 0.433. The second-order valence-corrected chi connectivity index (χ2v) is 32.6. The zero-order chi connectivity index (χ0) is 73.6. The van der Waals surface area contributed by atoms with Crippen LogP contribution in [0.15, 0.2) is 231 Å². The second-order valence-electron chi connectivity index (χ2n) is 32.6. The summed E-state index contributed by atoms with van der Waals surface area (Å²) in [6, 6.07) is 70.7. The Kier molecular flexibility index (Phi) is 37.3. The summed E-state index contributed by atoms with van der Waals surface area (Å²) in [4.78, 5) is 66.8. The van der Waals surface area contributed by atoms with Crippen LogP contribution in [0.5, 0.6) is 0 Å². The van der Waals surface area contributed by atoms with Gasteiger partial charge in [0.15, 0.2) is 11.6 Å². The summed E-state index contributed by atoms with van der Waals surface area (Å²) in [6.07, 6.45) is 14.1. The lowest BCUT2D eigenvalue weighted by atomic mass is 9.80. The fourth-order valence-electron chi connectivity index (χ4n) is 9.37. The van der Waals surface area contributed by atoms with Crippen molar-refractivity contribution in [3.05, 3.63) is 276 Å². The number of carbonyl (C=O) groups is 5. The quantitative estimate of drug-likeness (QED) is 0.0653. The lowest BCUT2D eigenvalue weighted by molar-refractivity contribution is -0.152. The number of ketones is 4. The Bertz CT molecular complexity index is 3280. The molecule has 0 unspecified atom stereocenters. The van der Waals surface area contributed by atoms with E-state index >= 15 is 0 Å². The first-order chi connectivity index (χ1) is 45.7. The van der Waals surface area contributed by atoms with Crippen LogP contribution in [0.2, 0.25) is 0 Å². The van der Waals surface area contributed by atoms with Gasteiger partial charge in [-0.15, -0.1) is 0 Å². The lowest BCUT2D eigenvalue weighted by Crippen LogP contribution is -2.23. The largest absolute Gasteiger partial charge is 0.465 e. The first-order valence-electron chi connectivity index (χ1n) is 35.1. The minimum absolute atomic E-state index is 0.0862. The SMILES string of the molecule is CC(C)(C)C(=O)CC(c1ccccc1)c1ccccc1.CC(C)(C)C(=O)CCCc1cccnc1.CC(C)(C)C(=O)OCCc1ccccc1.CC(C)(C)C(=O)c1ccccc1.CC(C)(C)C(=O)c1ccccn1.CC(C)(C)CCCc1ccccc1.CC(C)(C)Cc1ccccc1. The molecule has 0 N–H and O–H groups in total. The minimum Gasteiger partial charge on any atom is -0.465 e. The highest BCUT2D eigenvalue weighted by molar-refractivity contribution is 5.99. The van der Waals surface area contributed by atoms with Gasteiger partial charge in [-0.25, -0.2) is 0 Å². The second kappa shape index (κ2) is 42.6. The molecule has 0 aliphatic carbocycles. The summed E-state index contributed by atoms with van der Waals surface area (Å²) in [7, 11) is 0. The van der Waals surface area contributed by atoms with Gasteiger partial charge in [-0.1, -0.05) is 319 Å². The monoisotopic (exact) mass is 1330 g/mol. The number of carbonyl (C=O) groups excluding carboxylic acids is 5. The molecule has 0 saturated heterocycles. The molecule has 0 aliphatic rings. The molecule has 0 aliphatic heterocycles. The molecule has 0 fully saturated rings. The molecule has 8 heteroatoms. The maximum Gasteiger partial charge on any atom is 0.311 e. The van der Waals surface area contributed by atoms with Crippen LogP contribution in [0.25, 0.3) is 0 Å². The van der Waals surface area contributed by atoms with Crippen LogP contribution in [0.1, 0.15) is 238 Å². The number of ether oxygens (including phenoxy) is 1. The third-order valence-corrected chi connectivity index (χ3v) is 15.2. The van der Waals surface area contributed by atoms with E-state index in [2.05, 4.69) is 143 Å². The Morgan fingerprint density at radius 1 is 0.367 bits per heavy atom. The molecule has 0 radical (unpaired) electrons. The van der Waals surface area contributed by atoms with E-state index in [0.29, 0.717) is 47.5 Å². The van der Waals surface area contributed by atoms with Gasteiger partial charge >= 0.3 is 5.97 Å². The maximum atomic E-state index is 12.4. The molecular weight excluding hydrogens is 1200 g/mol. The number of benzene rings is 6. The predicted octanol–water partition coefficient (Wildman–Crippen LogP) is 23.2. The fourth-order valence-corrected chi connectivity index (χ4v) is 9.37. The van der Waals surface area contributed by atoms with Gasteiger partial charge < -0.3 is 4.74 Å². The number of aromatic nitrogens is 2. The highest BCUT2D eigenvalue weighted by atomic mass is 16.5. The molecule has 0 saturated carbocycles. The molecule has 2 heterocycles. The summed E-state index contributed by atoms with van der Waals surface area (Å²) in [5, 5.41) is 0. The van der Waals surface area contributed by atoms with Crippen molar-refractivity contribution in [2.75, 3.05) is 6.61 Å². The van der Waals surface area contributed by atoms with Crippen molar-refractivity contribution >= 4 is 29.1 Å². The molecule has 0 atom stereocenters. The molecule has 0 spiro atoms. The molecule has 98 heavy (non-hydrogen) atoms. The number of hydrogen-bond donors (Lipinski definition) is 0. The number of hydrogen-bond acceptors (Lipinski definition) is 8. The predicted molar refractivity (Wildman–Crippen MR) is 413 cm³/mol. The van der Waals surface area contributed by atoms with Gasteiger partial charge in [0, 0.05) is 71.0 Å². The van der Waals surface area contributed by atoms with Gasteiger partial charge in [0.1, 0.15) is 17.3 Å². The molecule has 6 aromatic carbocycles. The molecule has 0 amide bonds. The highest BCUT2D eigenvalue weighted by Crippen LogP contribution is 2.32. The molecule has 528 valence electrons. The van der Waals surface area contributed by atoms with Crippen molar-refractivity contribution in [2.24, 2.45) is 37.9 Å². The molecule has 8 nitrogen and oxygen atoms in total. The van der Waals surface area contributed by atoms with Crippen molar-refractivity contribution in [3.8, 4) is 0 Å². The van der Waals surface area contributed by atoms with E-state index in [9.17, 15) is 24.0 Å². The number of rotatable bonds is 17. The van der Waals surface area contributed by atoms with Crippen LogP contribution in [0, 0.1) is 37.9 Å². The van der Waals surface area contributed by atoms with Crippen LogP contribution in [-0.4, -0.2) is 45.7 Å². The van der Waals surface area contributed by atoms with E-state index in [0.717, 1.165) is 31.2 Å². The zero-order valence-corrected chi connectivity index (χ0v) is 63.9. The van der Waals surface area contributed by atoms with E-state index in [1.807, 2.05) is 219 Å². The van der Waals surface area contributed by atoms with Crippen LogP contribution < -0.4 is 0 Å². The Labute approximate surface area is 593 Å². The van der Waals surface area contributed by atoms with Gasteiger partial charge in [0.25, 0.3) is 0 Å². The third-order valence-electron chi connectivity index (χ3n) is 15.2. The highest BCUT2D eigenvalue weighted by Gasteiger charge is 2.28. The maximum absolute atomic E-state index is 12.4. The topological polar surface area (TPSA) is 120 Å². The van der Waals surface area contributed by atoms with Gasteiger partial charge in [-0.2, -0.15) is 0 Å². The Balaban J connectivity index is 0.000000392. The number of nitrogens with zero attached hydrogens (tertiary/aromatic N) is 2. The van der Waals surface area contributed by atoms with Crippen LogP contribution in [-0.2, 0) is 44.8 Å². The van der Waals surface area contributed by atoms with Crippen LogP contribution in [0.4, 0.5) is 0 Å². The minimum atomic E-state index is -0.406. The molecule has 8 rings (SSSR count). The summed E-state index contributed by atoms with van der Waals surface area (Å²) < 4.78 is 5.17. The lowest BCUT2D eigenvalue weighted by Gasteiger charge is -2.23. The third kappa shape index (κ3) is 39.2. The number of esters is 1. The molecule has 8 aromatic rings. The van der Waals surface area contributed by atoms with Crippen LogP contribution in [0.3, 0.4) is 0 Å². The van der Waals surface area contributed by atoms with Gasteiger partial charge in [-0.05, 0) is 122 Å². The Morgan fingerprint density at radius 3 is 1.16 bits per heavy atom. The Hall–Kier alpha value is -8.23. The summed E-state index contributed by atoms with van der Waals surface area (Å²) >= 11 is 0. The number of Topliss-reactive ketones (excluding diaryl/α,β-unsaturated/α-hetero) is 4. The smallest absolute Gasteiger partial charge is 0.311 e. The molecule has 0 bridgehead atoms. The number of pyridine rings is 2. The Morgan fingerprint density at radius 2 is 0.776 bits per heavy atom. The zero-order valence-electron chi connectivity index (χ0n) is 63.9. The van der Waals surface area contributed by atoms with E-state index < -0.39 is 5.41 Å². The average Bonchev–Trinajstić information content (AvgIpc) is 0.848. The molecule has 2 aromatic heterocycles. The normalized spacial score (nSPS) is 11.4. The van der Waals surface area contributed by atoms with Gasteiger partial charge in [0.2, 0.25) is 0 Å². The first kappa shape index (κ1) is 85.9. The summed E-state index contributed by atoms with van der Waals surface area (Å²) in [5.74, 6) is 0.926.